The quantitative estimate of drug-likeness (QED) is 0.268. The number of anilines is 2. The molecule has 40 heavy (non-hydrogen) atoms. The summed E-state index contributed by atoms with van der Waals surface area (Å²) in [4.78, 5) is 12.6. The molecule has 0 saturated carbocycles. The standard InChI is InChI=1S/C33H28N6O/c1-21-17-19-23(20-18-21)34-31-33-36-32-29(22(2)37-39(32)24-11-5-4-6-12-24)30(25-13-7-10-16-28(25)40-3)38(33)27-15-9-8-14-26(27)35-31/h4-20,30H,1-3H3,(H,34,35). The summed E-state index contributed by atoms with van der Waals surface area (Å²) in [5, 5.41) is 8.57. The summed E-state index contributed by atoms with van der Waals surface area (Å²) in [5.41, 5.74) is 7.90. The summed E-state index contributed by atoms with van der Waals surface area (Å²) < 4.78 is 7.84. The smallest absolute Gasteiger partial charge is 0.179 e. The lowest BCUT2D eigenvalue weighted by atomic mass is 9.92. The molecule has 7 heteroatoms. The van der Waals surface area contributed by atoms with Crippen LogP contribution in [0.25, 0.3) is 5.69 Å². The van der Waals surface area contributed by atoms with Crippen LogP contribution < -0.4 is 15.0 Å². The number of nitrogens with one attached hydrogen (secondary N) is 1. The van der Waals surface area contributed by atoms with E-state index >= 15 is 0 Å². The fourth-order valence-electron chi connectivity index (χ4n) is 5.51. The van der Waals surface area contributed by atoms with E-state index in [0.717, 1.165) is 57.0 Å². The first-order valence-electron chi connectivity index (χ1n) is 13.3. The van der Waals surface area contributed by atoms with Crippen molar-refractivity contribution < 1.29 is 4.74 Å². The monoisotopic (exact) mass is 524 g/mol. The molecule has 0 saturated heterocycles. The molecule has 7 rings (SSSR count). The molecule has 0 amide bonds. The van der Waals surface area contributed by atoms with E-state index in [0.29, 0.717) is 5.84 Å². The van der Waals surface area contributed by atoms with Crippen molar-refractivity contribution in [2.24, 2.45) is 9.98 Å². The van der Waals surface area contributed by atoms with Gasteiger partial charge in [-0.2, -0.15) is 5.10 Å². The number of nitrogens with zero attached hydrogens (tertiary/aromatic N) is 5. The second-order valence-electron chi connectivity index (χ2n) is 9.96. The van der Waals surface area contributed by atoms with Crippen LogP contribution in [0.4, 0.5) is 22.9 Å². The lowest BCUT2D eigenvalue weighted by molar-refractivity contribution is 0.407. The van der Waals surface area contributed by atoms with E-state index in [1.807, 2.05) is 65.3 Å². The predicted octanol–water partition coefficient (Wildman–Crippen LogP) is 7.29. The molecule has 2 aliphatic rings. The van der Waals surface area contributed by atoms with Gasteiger partial charge in [-0.25, -0.2) is 14.7 Å². The second-order valence-corrected chi connectivity index (χ2v) is 9.96. The molecule has 196 valence electrons. The van der Waals surface area contributed by atoms with E-state index in [4.69, 9.17) is 19.8 Å². The van der Waals surface area contributed by atoms with Gasteiger partial charge in [-0.15, -0.1) is 0 Å². The molecule has 1 atom stereocenters. The van der Waals surface area contributed by atoms with Gasteiger partial charge in [0.05, 0.1) is 35.9 Å². The third-order valence-corrected chi connectivity index (χ3v) is 7.39. The normalized spacial score (nSPS) is 15.4. The van der Waals surface area contributed by atoms with E-state index in [9.17, 15) is 0 Å². The third-order valence-electron chi connectivity index (χ3n) is 7.39. The molecule has 0 spiro atoms. The van der Waals surface area contributed by atoms with Gasteiger partial charge in [0.15, 0.2) is 17.5 Å². The molecule has 2 aliphatic heterocycles. The van der Waals surface area contributed by atoms with E-state index in [1.54, 1.807) is 7.11 Å². The van der Waals surface area contributed by atoms with Crippen LogP contribution in [0.1, 0.15) is 28.4 Å². The molecule has 3 heterocycles. The highest BCUT2D eigenvalue weighted by Gasteiger charge is 2.42. The zero-order valence-electron chi connectivity index (χ0n) is 22.5. The number of aliphatic imine (C=N–C) groups is 2. The van der Waals surface area contributed by atoms with E-state index in [-0.39, 0.29) is 6.04 Å². The maximum Gasteiger partial charge on any atom is 0.179 e. The van der Waals surface area contributed by atoms with Crippen LogP contribution >= 0.6 is 0 Å². The van der Waals surface area contributed by atoms with Crippen molar-refractivity contribution in [3.05, 3.63) is 126 Å². The number of hydrogen-bond donors (Lipinski definition) is 1. The van der Waals surface area contributed by atoms with E-state index < -0.39 is 0 Å². The first-order valence-corrected chi connectivity index (χ1v) is 13.3. The van der Waals surface area contributed by atoms with Crippen molar-refractivity contribution in [3.8, 4) is 11.4 Å². The Morgan fingerprint density at radius 2 is 1.50 bits per heavy atom. The Morgan fingerprint density at radius 3 is 2.30 bits per heavy atom. The lowest BCUT2D eigenvalue weighted by Gasteiger charge is -2.41. The van der Waals surface area contributed by atoms with E-state index in [2.05, 4.69) is 66.5 Å². The molecule has 1 unspecified atom stereocenters. The minimum atomic E-state index is -0.248. The average molecular weight is 525 g/mol. The summed E-state index contributed by atoms with van der Waals surface area (Å²) in [6, 6.07) is 34.6. The van der Waals surface area contributed by atoms with Crippen LogP contribution in [-0.4, -0.2) is 28.6 Å². The van der Waals surface area contributed by atoms with Gasteiger partial charge in [0.1, 0.15) is 5.75 Å². The zero-order valence-corrected chi connectivity index (χ0v) is 22.5. The molecule has 4 aromatic carbocycles. The van der Waals surface area contributed by atoms with Crippen LogP contribution in [0.2, 0.25) is 0 Å². The highest BCUT2D eigenvalue weighted by atomic mass is 16.5. The summed E-state index contributed by atoms with van der Waals surface area (Å²) in [6.45, 7) is 4.13. The van der Waals surface area contributed by atoms with Gasteiger partial charge in [0.2, 0.25) is 0 Å². The maximum absolute atomic E-state index is 5.91. The molecule has 5 aromatic rings. The summed E-state index contributed by atoms with van der Waals surface area (Å²) in [7, 11) is 1.72. The molecule has 0 bridgehead atoms. The van der Waals surface area contributed by atoms with Gasteiger partial charge in [0, 0.05) is 16.8 Å². The van der Waals surface area contributed by atoms with Crippen LogP contribution in [0.15, 0.2) is 113 Å². The number of fused-ring (bicyclic) bond motifs is 4. The third kappa shape index (κ3) is 3.86. The van der Waals surface area contributed by atoms with Gasteiger partial charge in [-0.3, -0.25) is 0 Å². The van der Waals surface area contributed by atoms with Crippen molar-refractivity contribution in [1.29, 1.82) is 0 Å². The Bertz CT molecular complexity index is 1790. The molecular formula is C33H28N6O. The van der Waals surface area contributed by atoms with Crippen LogP contribution in [-0.2, 0) is 0 Å². The first kappa shape index (κ1) is 23.9. The molecule has 0 radical (unpaired) electrons. The summed E-state index contributed by atoms with van der Waals surface area (Å²) in [5.74, 6) is 2.98. The minimum Gasteiger partial charge on any atom is -0.496 e. The Balaban J connectivity index is 1.51. The van der Waals surface area contributed by atoms with Gasteiger partial charge in [0.25, 0.3) is 0 Å². The largest absolute Gasteiger partial charge is 0.496 e. The number of methoxy groups -OCH3 is 1. The Morgan fingerprint density at radius 1 is 0.775 bits per heavy atom. The maximum atomic E-state index is 5.91. The molecule has 1 aromatic heterocycles. The molecule has 0 aliphatic carbocycles. The molecule has 0 fully saturated rings. The highest BCUT2D eigenvalue weighted by Crippen LogP contribution is 2.49. The van der Waals surface area contributed by atoms with Crippen LogP contribution in [0.5, 0.6) is 5.75 Å². The Hall–Kier alpha value is -5.17. The molecule has 7 nitrogen and oxygen atoms in total. The SMILES string of the molecule is COc1ccccc1C1c2c(C)nn(-c3ccccc3)c2N=C2C(Nc3ccc(C)cc3)=Nc3ccccc3N21. The number of amidine groups is 2. The van der Waals surface area contributed by atoms with Crippen molar-refractivity contribution in [3.63, 3.8) is 0 Å². The summed E-state index contributed by atoms with van der Waals surface area (Å²) in [6.07, 6.45) is 0. The highest BCUT2D eigenvalue weighted by molar-refractivity contribution is 6.51. The lowest BCUT2D eigenvalue weighted by Crippen LogP contribution is -2.46. The molecular weight excluding hydrogens is 496 g/mol. The fraction of sp³-hybridized carbons (Fsp3) is 0.121. The average Bonchev–Trinajstić information content (AvgIpc) is 3.33. The van der Waals surface area contributed by atoms with E-state index in [1.165, 1.54) is 5.56 Å². The number of hydrogen-bond acceptors (Lipinski definition) is 6. The fourth-order valence-corrected chi connectivity index (χ4v) is 5.51. The first-order chi connectivity index (χ1) is 19.6. The number of rotatable bonds is 4. The van der Waals surface area contributed by atoms with Gasteiger partial charge in [-0.1, -0.05) is 66.2 Å². The zero-order chi connectivity index (χ0) is 27.2. The van der Waals surface area contributed by atoms with Crippen LogP contribution in [0.3, 0.4) is 0 Å². The second kappa shape index (κ2) is 9.54. The topological polar surface area (TPSA) is 67.0 Å². The number of aromatic nitrogens is 2. The number of ether oxygens (including phenoxy) is 1. The van der Waals surface area contributed by atoms with Gasteiger partial charge in [-0.05, 0) is 56.3 Å². The number of benzene rings is 4. The Kier molecular flexibility index (Phi) is 5.70. The van der Waals surface area contributed by atoms with Gasteiger partial charge >= 0.3 is 0 Å². The summed E-state index contributed by atoms with van der Waals surface area (Å²) >= 11 is 0. The minimum absolute atomic E-state index is 0.248. The molecule has 1 N–H and O–H groups in total. The number of para-hydroxylation sites is 4. The Labute approximate surface area is 233 Å². The van der Waals surface area contributed by atoms with Crippen molar-refractivity contribution in [2.45, 2.75) is 19.9 Å². The van der Waals surface area contributed by atoms with Crippen molar-refractivity contribution in [2.75, 3.05) is 17.3 Å². The van der Waals surface area contributed by atoms with Gasteiger partial charge < -0.3 is 15.0 Å². The number of aryl methyl sites for hydroxylation is 2. The van der Waals surface area contributed by atoms with Crippen molar-refractivity contribution in [1.82, 2.24) is 9.78 Å². The van der Waals surface area contributed by atoms with Crippen LogP contribution in [0, 0.1) is 13.8 Å². The van der Waals surface area contributed by atoms with Crippen molar-refractivity contribution >= 4 is 34.6 Å². The predicted molar refractivity (Wildman–Crippen MR) is 161 cm³/mol.